The molecule has 0 spiro atoms. The molecule has 4 aromatic rings. The number of fused-ring (bicyclic) bond motifs is 1. The van der Waals surface area contributed by atoms with Crippen molar-refractivity contribution in [1.29, 1.82) is 0 Å². The summed E-state index contributed by atoms with van der Waals surface area (Å²) in [5.74, 6) is -0.836. The van der Waals surface area contributed by atoms with Crippen molar-refractivity contribution in [2.24, 2.45) is 4.99 Å². The maximum absolute atomic E-state index is 13.9. The minimum Gasteiger partial charge on any atom is -0.506 e. The van der Waals surface area contributed by atoms with E-state index in [1.165, 1.54) is 28.0 Å². The fourth-order valence-corrected chi connectivity index (χ4v) is 7.04. The van der Waals surface area contributed by atoms with E-state index in [1.807, 2.05) is 75.5 Å². The fraction of sp³-hybridized carbons (Fsp3) is 0.107. The molecule has 1 aliphatic heterocycles. The molecule has 0 radical (unpaired) electrons. The summed E-state index contributed by atoms with van der Waals surface area (Å²) in [4.78, 5) is 32.5. The molecule has 0 saturated heterocycles. The Morgan fingerprint density at radius 2 is 1.79 bits per heavy atom. The second kappa shape index (κ2) is 11.1. The van der Waals surface area contributed by atoms with Gasteiger partial charge in [0, 0.05) is 5.56 Å². The standard InChI is InChI=1S/C28H19FI2N2O4S/c1-2-37-27(36)22-23(16-6-4-3-5-7-16)32-28-33(24(22)17-8-10-18(29)11-9-17)26(35)21(38-28)14-15-12-19(30)25(34)20(31)13-15/h3-14,24,34H,2H2,1H3/b21-14-/t24-/m0/s1. The topological polar surface area (TPSA) is 80.9 Å². The van der Waals surface area contributed by atoms with Gasteiger partial charge in [0.2, 0.25) is 0 Å². The lowest BCUT2D eigenvalue weighted by molar-refractivity contribution is -0.138. The lowest BCUT2D eigenvalue weighted by Gasteiger charge is -2.25. The van der Waals surface area contributed by atoms with E-state index in [1.54, 1.807) is 37.3 Å². The number of phenolic OH excluding ortho intramolecular Hbond substituents is 1. The highest BCUT2D eigenvalue weighted by molar-refractivity contribution is 14.1. The number of thiazole rings is 1. The van der Waals surface area contributed by atoms with Crippen LogP contribution >= 0.6 is 56.5 Å². The summed E-state index contributed by atoms with van der Waals surface area (Å²) in [6.45, 7) is 1.85. The summed E-state index contributed by atoms with van der Waals surface area (Å²) in [6.07, 6.45) is 1.74. The van der Waals surface area contributed by atoms with Crippen LogP contribution in [0.15, 0.2) is 82.1 Å². The van der Waals surface area contributed by atoms with E-state index in [4.69, 9.17) is 9.73 Å². The molecule has 0 saturated carbocycles. The van der Waals surface area contributed by atoms with E-state index in [-0.39, 0.29) is 23.5 Å². The zero-order valence-electron chi connectivity index (χ0n) is 19.8. The van der Waals surface area contributed by atoms with E-state index >= 15 is 0 Å². The number of hydrogen-bond acceptors (Lipinski definition) is 6. The van der Waals surface area contributed by atoms with Gasteiger partial charge >= 0.3 is 5.97 Å². The molecular formula is C28H19FI2N2O4S. The molecule has 1 N–H and O–H groups in total. The van der Waals surface area contributed by atoms with Gasteiger partial charge in [-0.2, -0.15) is 0 Å². The van der Waals surface area contributed by atoms with E-state index in [2.05, 4.69) is 0 Å². The summed E-state index contributed by atoms with van der Waals surface area (Å²) in [6, 6.07) is 17.7. The number of aromatic nitrogens is 1. The van der Waals surface area contributed by atoms with Gasteiger partial charge in [0.05, 0.1) is 35.6 Å². The van der Waals surface area contributed by atoms with E-state index < -0.39 is 17.8 Å². The summed E-state index contributed by atoms with van der Waals surface area (Å²) in [7, 11) is 0. The molecule has 0 amide bonds. The van der Waals surface area contributed by atoms with Crippen LogP contribution in [0.2, 0.25) is 0 Å². The molecule has 0 aliphatic carbocycles. The second-order valence-corrected chi connectivity index (χ2v) is 11.6. The summed E-state index contributed by atoms with van der Waals surface area (Å²) in [5, 5.41) is 10.1. The normalized spacial score (nSPS) is 15.3. The molecule has 2 heterocycles. The third-order valence-electron chi connectivity index (χ3n) is 5.90. The molecular weight excluding hydrogens is 733 g/mol. The summed E-state index contributed by atoms with van der Waals surface area (Å²) >= 11 is 5.28. The quantitative estimate of drug-likeness (QED) is 0.231. The highest BCUT2D eigenvalue weighted by Gasteiger charge is 2.35. The van der Waals surface area contributed by atoms with Gasteiger partial charge in [0.25, 0.3) is 5.56 Å². The van der Waals surface area contributed by atoms with E-state index in [9.17, 15) is 19.1 Å². The molecule has 10 heteroatoms. The first-order valence-corrected chi connectivity index (χ1v) is 14.5. The van der Waals surface area contributed by atoms with Gasteiger partial charge in [-0.3, -0.25) is 9.36 Å². The smallest absolute Gasteiger partial charge is 0.338 e. The van der Waals surface area contributed by atoms with Crippen LogP contribution in [0, 0.1) is 13.0 Å². The van der Waals surface area contributed by atoms with Gasteiger partial charge in [0.15, 0.2) is 4.80 Å². The Bertz CT molecular complexity index is 1740. The number of hydrogen-bond donors (Lipinski definition) is 1. The number of rotatable bonds is 5. The van der Waals surface area contributed by atoms with Gasteiger partial charge in [-0.05, 0) is 93.6 Å². The number of nitrogens with zero attached hydrogens (tertiary/aromatic N) is 2. The number of phenols is 1. The molecule has 5 rings (SSSR count). The maximum Gasteiger partial charge on any atom is 0.338 e. The number of esters is 1. The van der Waals surface area contributed by atoms with Crippen LogP contribution in [-0.4, -0.2) is 22.2 Å². The number of halogens is 3. The minimum atomic E-state index is -0.872. The van der Waals surface area contributed by atoms with Crippen molar-refractivity contribution in [3.63, 3.8) is 0 Å². The largest absolute Gasteiger partial charge is 0.506 e. The number of carbonyl (C=O) groups is 1. The first kappa shape index (κ1) is 26.8. The monoisotopic (exact) mass is 752 g/mol. The Morgan fingerprint density at radius 3 is 2.42 bits per heavy atom. The number of ether oxygens (including phenoxy) is 1. The Balaban J connectivity index is 1.83. The van der Waals surface area contributed by atoms with E-state index in [0.717, 1.165) is 5.56 Å². The fourth-order valence-electron chi connectivity index (χ4n) is 4.22. The SMILES string of the molecule is CCOC(=O)C1=C(c2ccccc2)N=c2s/c(=C\c3cc(I)c(O)c(I)c3)c(=O)n2[C@H]1c1ccc(F)cc1. The van der Waals surface area contributed by atoms with Crippen LogP contribution in [0.5, 0.6) is 5.75 Å². The number of aromatic hydroxyl groups is 1. The van der Waals surface area contributed by atoms with E-state index in [0.29, 0.717) is 33.3 Å². The average molecular weight is 752 g/mol. The van der Waals surface area contributed by atoms with Crippen molar-refractivity contribution < 1.29 is 19.0 Å². The molecule has 1 aromatic heterocycles. The van der Waals surface area contributed by atoms with Gasteiger partial charge in [-0.25, -0.2) is 14.2 Å². The molecule has 38 heavy (non-hydrogen) atoms. The first-order valence-electron chi connectivity index (χ1n) is 11.5. The summed E-state index contributed by atoms with van der Waals surface area (Å²) in [5.41, 5.74) is 2.27. The first-order chi connectivity index (χ1) is 18.3. The van der Waals surface area contributed by atoms with Crippen molar-refractivity contribution in [3.05, 3.63) is 122 Å². The van der Waals surface area contributed by atoms with Crippen molar-refractivity contribution in [1.82, 2.24) is 4.57 Å². The van der Waals surface area contributed by atoms with Crippen molar-refractivity contribution in [2.45, 2.75) is 13.0 Å². The predicted octanol–water partition coefficient (Wildman–Crippen LogP) is 4.99. The predicted molar refractivity (Wildman–Crippen MR) is 161 cm³/mol. The minimum absolute atomic E-state index is 0.142. The lowest BCUT2D eigenvalue weighted by atomic mass is 9.93. The molecule has 6 nitrogen and oxygen atoms in total. The molecule has 0 fully saturated rings. The molecule has 1 atom stereocenters. The van der Waals surface area contributed by atoms with Crippen LogP contribution in [-0.2, 0) is 9.53 Å². The number of carbonyl (C=O) groups excluding carboxylic acids is 1. The van der Waals surface area contributed by atoms with Gasteiger partial charge in [0.1, 0.15) is 11.6 Å². The number of benzene rings is 3. The summed E-state index contributed by atoms with van der Waals surface area (Å²) < 4.78 is 22.5. The zero-order valence-corrected chi connectivity index (χ0v) is 25.0. The third-order valence-corrected chi connectivity index (χ3v) is 8.52. The van der Waals surface area contributed by atoms with Crippen LogP contribution < -0.4 is 14.9 Å². The second-order valence-electron chi connectivity index (χ2n) is 8.32. The highest BCUT2D eigenvalue weighted by atomic mass is 127. The van der Waals surface area contributed by atoms with Crippen LogP contribution in [0.3, 0.4) is 0 Å². The van der Waals surface area contributed by atoms with Crippen LogP contribution in [0.25, 0.3) is 11.8 Å². The molecule has 1 aliphatic rings. The Morgan fingerprint density at radius 1 is 1.13 bits per heavy atom. The zero-order chi connectivity index (χ0) is 27.0. The van der Waals surface area contributed by atoms with Gasteiger partial charge < -0.3 is 9.84 Å². The third kappa shape index (κ3) is 5.08. The molecule has 192 valence electrons. The molecule has 3 aromatic carbocycles. The Hall–Kier alpha value is -2.84. The van der Waals surface area contributed by atoms with Crippen molar-refractivity contribution in [2.75, 3.05) is 6.61 Å². The maximum atomic E-state index is 13.9. The van der Waals surface area contributed by atoms with Gasteiger partial charge in [-0.15, -0.1) is 0 Å². The molecule has 0 unspecified atom stereocenters. The average Bonchev–Trinajstić information content (AvgIpc) is 3.21. The van der Waals surface area contributed by atoms with Crippen molar-refractivity contribution in [3.8, 4) is 5.75 Å². The Labute approximate surface area is 248 Å². The highest BCUT2D eigenvalue weighted by Crippen LogP contribution is 2.35. The molecule has 0 bridgehead atoms. The van der Waals surface area contributed by atoms with Crippen LogP contribution in [0.4, 0.5) is 4.39 Å². The van der Waals surface area contributed by atoms with Crippen molar-refractivity contribution >= 4 is 74.3 Å². The van der Waals surface area contributed by atoms with Gasteiger partial charge in [-0.1, -0.05) is 53.8 Å². The van der Waals surface area contributed by atoms with Crippen LogP contribution in [0.1, 0.15) is 29.7 Å². The lowest BCUT2D eigenvalue weighted by Crippen LogP contribution is -2.40. The Kier molecular flexibility index (Phi) is 7.82.